The van der Waals surface area contributed by atoms with Crippen LogP contribution in [0.5, 0.6) is 0 Å². The second-order valence-electron chi connectivity index (χ2n) is 12.4. The fraction of sp³-hybridized carbons (Fsp3) is 1.00. The molecule has 0 fully saturated rings. The van der Waals surface area contributed by atoms with Crippen LogP contribution in [0.3, 0.4) is 0 Å². The SMILES string of the molecule is CCCCCCCCCCCCCC[N+](CCCCCCC)(CCCCCCC)CCCCCCC.[Br-]. The van der Waals surface area contributed by atoms with Gasteiger partial charge in [0.2, 0.25) is 0 Å². The lowest BCUT2D eigenvalue weighted by atomic mass is 10.0. The monoisotopic (exact) mass is 588 g/mol. The van der Waals surface area contributed by atoms with Crippen molar-refractivity contribution >= 4 is 0 Å². The van der Waals surface area contributed by atoms with Gasteiger partial charge in [-0.25, -0.2) is 0 Å². The van der Waals surface area contributed by atoms with Crippen LogP contribution in [0.4, 0.5) is 0 Å². The van der Waals surface area contributed by atoms with Crippen molar-refractivity contribution in [3.8, 4) is 0 Å². The first-order valence-electron chi connectivity index (χ1n) is 17.6. The van der Waals surface area contributed by atoms with Crippen molar-refractivity contribution in [3.05, 3.63) is 0 Å². The summed E-state index contributed by atoms with van der Waals surface area (Å²) in [6.45, 7) is 15.3. The second-order valence-corrected chi connectivity index (χ2v) is 12.4. The average molecular weight is 589 g/mol. The molecule has 0 atom stereocenters. The van der Waals surface area contributed by atoms with Gasteiger partial charge in [-0.2, -0.15) is 0 Å². The molecule has 0 radical (unpaired) electrons. The number of rotatable bonds is 31. The van der Waals surface area contributed by atoms with Gasteiger partial charge < -0.3 is 21.5 Å². The Kier molecular flexibility index (Phi) is 34.9. The first-order valence-corrected chi connectivity index (χ1v) is 17.6. The first-order chi connectivity index (χ1) is 17.7. The summed E-state index contributed by atoms with van der Waals surface area (Å²) in [4.78, 5) is 0. The molecule has 0 N–H and O–H groups in total. The van der Waals surface area contributed by atoms with E-state index in [9.17, 15) is 0 Å². The summed E-state index contributed by atoms with van der Waals surface area (Å²) in [5, 5.41) is 0. The van der Waals surface area contributed by atoms with Gasteiger partial charge in [-0.15, -0.1) is 0 Å². The fourth-order valence-electron chi connectivity index (χ4n) is 6.11. The molecule has 2 heteroatoms. The number of halogens is 1. The van der Waals surface area contributed by atoms with Crippen LogP contribution in [0, 0.1) is 0 Å². The highest BCUT2D eigenvalue weighted by Gasteiger charge is 2.25. The van der Waals surface area contributed by atoms with Gasteiger partial charge >= 0.3 is 0 Å². The molecule has 0 aromatic rings. The number of quaternary nitrogens is 1. The van der Waals surface area contributed by atoms with E-state index in [-0.39, 0.29) is 17.0 Å². The molecule has 0 amide bonds. The number of nitrogens with zero attached hydrogens (tertiary/aromatic N) is 1. The molecule has 0 saturated carbocycles. The van der Waals surface area contributed by atoms with Crippen LogP contribution in [0.1, 0.15) is 201 Å². The van der Waals surface area contributed by atoms with Gasteiger partial charge in [-0.1, -0.05) is 150 Å². The molecule has 0 bridgehead atoms. The minimum atomic E-state index is 0. The molecule has 0 spiro atoms. The maximum Gasteiger partial charge on any atom is 0.0786 e. The largest absolute Gasteiger partial charge is 1.00 e. The fourth-order valence-corrected chi connectivity index (χ4v) is 6.11. The molecule has 0 unspecified atom stereocenters. The zero-order chi connectivity index (χ0) is 26.4. The molecule has 0 heterocycles. The normalized spacial score (nSPS) is 11.7. The molecule has 0 aromatic carbocycles. The maximum absolute atomic E-state index is 2.35. The topological polar surface area (TPSA) is 0 Å². The molecule has 37 heavy (non-hydrogen) atoms. The van der Waals surface area contributed by atoms with Crippen molar-refractivity contribution in [2.75, 3.05) is 26.2 Å². The Hall–Kier alpha value is 0.440. The lowest BCUT2D eigenvalue weighted by molar-refractivity contribution is -0.929. The molecular weight excluding hydrogens is 514 g/mol. The van der Waals surface area contributed by atoms with Gasteiger partial charge in [0.15, 0.2) is 0 Å². The van der Waals surface area contributed by atoms with E-state index in [1.54, 1.807) is 0 Å². The number of hydrogen-bond donors (Lipinski definition) is 0. The first kappa shape index (κ1) is 39.6. The van der Waals surface area contributed by atoms with E-state index in [1.165, 1.54) is 204 Å². The molecule has 0 aliphatic heterocycles. The highest BCUT2D eigenvalue weighted by Crippen LogP contribution is 2.20. The summed E-state index contributed by atoms with van der Waals surface area (Å²) < 4.78 is 1.47. The Bertz CT molecular complexity index is 361. The molecule has 0 saturated heterocycles. The molecule has 0 aliphatic carbocycles. The maximum atomic E-state index is 2.35. The molecule has 0 aliphatic rings. The van der Waals surface area contributed by atoms with Gasteiger partial charge in [0.1, 0.15) is 0 Å². The lowest BCUT2D eigenvalue weighted by Gasteiger charge is -2.40. The van der Waals surface area contributed by atoms with E-state index in [0.717, 1.165) is 0 Å². The van der Waals surface area contributed by atoms with Crippen LogP contribution in [0.15, 0.2) is 0 Å². The second kappa shape index (κ2) is 32.7. The lowest BCUT2D eigenvalue weighted by Crippen LogP contribution is -3.00. The molecule has 0 aromatic heterocycles. The van der Waals surface area contributed by atoms with Gasteiger partial charge in [-0.05, 0) is 51.4 Å². The van der Waals surface area contributed by atoms with E-state index in [4.69, 9.17) is 0 Å². The number of unbranched alkanes of at least 4 members (excludes halogenated alkanes) is 23. The Morgan fingerprint density at radius 3 is 0.595 bits per heavy atom. The minimum absolute atomic E-state index is 0. The van der Waals surface area contributed by atoms with Crippen LogP contribution in [0.2, 0.25) is 0 Å². The van der Waals surface area contributed by atoms with E-state index in [0.29, 0.717) is 0 Å². The van der Waals surface area contributed by atoms with Crippen molar-refractivity contribution in [3.63, 3.8) is 0 Å². The van der Waals surface area contributed by atoms with Gasteiger partial charge in [0.25, 0.3) is 0 Å². The molecule has 1 nitrogen and oxygen atoms in total. The zero-order valence-corrected chi connectivity index (χ0v) is 28.3. The summed E-state index contributed by atoms with van der Waals surface area (Å²) >= 11 is 0. The predicted molar refractivity (Wildman–Crippen MR) is 167 cm³/mol. The van der Waals surface area contributed by atoms with Crippen LogP contribution < -0.4 is 17.0 Å². The summed E-state index contributed by atoms with van der Waals surface area (Å²) in [5.74, 6) is 0. The van der Waals surface area contributed by atoms with Crippen LogP contribution in [-0.2, 0) is 0 Å². The van der Waals surface area contributed by atoms with Crippen LogP contribution in [0.25, 0.3) is 0 Å². The van der Waals surface area contributed by atoms with Crippen LogP contribution in [-0.4, -0.2) is 30.7 Å². The predicted octanol–water partition coefficient (Wildman–Crippen LogP) is 9.42. The van der Waals surface area contributed by atoms with Crippen molar-refractivity contribution < 1.29 is 21.5 Å². The summed E-state index contributed by atoms with van der Waals surface area (Å²) in [5.41, 5.74) is 0. The quantitative estimate of drug-likeness (QED) is 0.0559. The Morgan fingerprint density at radius 2 is 0.405 bits per heavy atom. The van der Waals surface area contributed by atoms with Gasteiger partial charge in [0.05, 0.1) is 26.2 Å². The molecule has 226 valence electrons. The van der Waals surface area contributed by atoms with Crippen molar-refractivity contribution in [1.29, 1.82) is 0 Å². The smallest absolute Gasteiger partial charge is 0.0786 e. The molecular formula is C35H74BrN. The van der Waals surface area contributed by atoms with E-state index >= 15 is 0 Å². The Balaban J connectivity index is 0. The van der Waals surface area contributed by atoms with Gasteiger partial charge in [-0.3, -0.25) is 0 Å². The third kappa shape index (κ3) is 27.8. The number of hydrogen-bond acceptors (Lipinski definition) is 0. The molecule has 0 rings (SSSR count). The van der Waals surface area contributed by atoms with Crippen molar-refractivity contribution in [2.24, 2.45) is 0 Å². The minimum Gasteiger partial charge on any atom is -1.00 e. The van der Waals surface area contributed by atoms with E-state index in [2.05, 4.69) is 27.7 Å². The summed E-state index contributed by atoms with van der Waals surface area (Å²) in [6, 6.07) is 0. The summed E-state index contributed by atoms with van der Waals surface area (Å²) in [7, 11) is 0. The Labute approximate surface area is 248 Å². The summed E-state index contributed by atoms with van der Waals surface area (Å²) in [6.07, 6.45) is 39.3. The zero-order valence-electron chi connectivity index (χ0n) is 26.7. The van der Waals surface area contributed by atoms with E-state index < -0.39 is 0 Å². The highest BCUT2D eigenvalue weighted by atomic mass is 79.9. The standard InChI is InChI=1S/C35H74N.BrH/c1-5-9-13-17-18-19-20-21-22-23-27-31-35-36(32-28-24-14-10-6-2,33-29-25-15-11-7-3)34-30-26-16-12-8-4;/h5-35H2,1-4H3;1H/q+1;/p-1. The highest BCUT2D eigenvalue weighted by molar-refractivity contribution is 4.55. The van der Waals surface area contributed by atoms with Gasteiger partial charge in [0, 0.05) is 0 Å². The average Bonchev–Trinajstić information content (AvgIpc) is 2.89. The van der Waals surface area contributed by atoms with Crippen molar-refractivity contribution in [1.82, 2.24) is 0 Å². The van der Waals surface area contributed by atoms with E-state index in [1.807, 2.05) is 0 Å². The van der Waals surface area contributed by atoms with Crippen molar-refractivity contribution in [2.45, 2.75) is 201 Å². The Morgan fingerprint density at radius 1 is 0.243 bits per heavy atom. The van der Waals surface area contributed by atoms with Crippen LogP contribution >= 0.6 is 0 Å². The third-order valence-electron chi connectivity index (χ3n) is 8.69. The third-order valence-corrected chi connectivity index (χ3v) is 8.69.